The van der Waals surface area contributed by atoms with Crippen LogP contribution in [-0.4, -0.2) is 44.9 Å². The number of benzene rings is 2. The minimum atomic E-state index is -3.72. The van der Waals surface area contributed by atoms with Crippen LogP contribution in [-0.2, 0) is 10.0 Å². The highest BCUT2D eigenvalue weighted by atomic mass is 35.5. The first kappa shape index (κ1) is 21.5. The zero-order valence-corrected chi connectivity index (χ0v) is 17.3. The Kier molecular flexibility index (Phi) is 7.10. The number of carbonyl (C=O) groups is 1. The summed E-state index contributed by atoms with van der Waals surface area (Å²) in [5.41, 5.74) is 0.210. The average molecular weight is 441 g/mol. The van der Waals surface area contributed by atoms with Crippen molar-refractivity contribution in [3.05, 3.63) is 58.9 Å². The molecule has 1 fully saturated rings. The summed E-state index contributed by atoms with van der Waals surface area (Å²) in [7, 11) is -3.72. The van der Waals surface area contributed by atoms with Crippen LogP contribution < -0.4 is 10.1 Å². The number of amides is 1. The standard InChI is InChI=1S/C20H22ClFN2O4S/c21-16-9-8-15(14-19(16)29(26,27)24-11-3-4-12-24)20(25)23-10-5-13-28-18-7-2-1-6-17(18)22/h1-2,6-9,14H,3-5,10-13H2,(H,23,25). The molecule has 1 aliphatic heterocycles. The van der Waals surface area contributed by atoms with Crippen molar-refractivity contribution in [2.75, 3.05) is 26.2 Å². The molecule has 0 spiro atoms. The van der Waals surface area contributed by atoms with Gasteiger partial charge in [-0.25, -0.2) is 12.8 Å². The summed E-state index contributed by atoms with van der Waals surface area (Å²) < 4.78 is 45.7. The molecule has 6 nitrogen and oxygen atoms in total. The second-order valence-corrected chi connectivity index (χ2v) is 8.96. The van der Waals surface area contributed by atoms with E-state index < -0.39 is 21.7 Å². The van der Waals surface area contributed by atoms with Gasteiger partial charge in [-0.1, -0.05) is 23.7 Å². The van der Waals surface area contributed by atoms with Gasteiger partial charge in [0.1, 0.15) is 4.90 Å². The fraction of sp³-hybridized carbons (Fsp3) is 0.350. The van der Waals surface area contributed by atoms with Gasteiger partial charge < -0.3 is 10.1 Å². The lowest BCUT2D eigenvalue weighted by molar-refractivity contribution is 0.0951. The number of nitrogens with zero attached hydrogens (tertiary/aromatic N) is 1. The monoisotopic (exact) mass is 440 g/mol. The lowest BCUT2D eigenvalue weighted by atomic mass is 10.2. The molecule has 0 saturated carbocycles. The first-order valence-electron chi connectivity index (χ1n) is 9.35. The Bertz CT molecular complexity index is 978. The van der Waals surface area contributed by atoms with Gasteiger partial charge in [-0.2, -0.15) is 4.31 Å². The zero-order valence-electron chi connectivity index (χ0n) is 15.7. The molecule has 0 aromatic heterocycles. The quantitative estimate of drug-likeness (QED) is 0.638. The summed E-state index contributed by atoms with van der Waals surface area (Å²) in [6.45, 7) is 1.44. The second kappa shape index (κ2) is 9.56. The van der Waals surface area contributed by atoms with Gasteiger partial charge in [0.2, 0.25) is 10.0 Å². The highest BCUT2D eigenvalue weighted by Gasteiger charge is 2.29. The van der Waals surface area contributed by atoms with E-state index in [1.807, 2.05) is 0 Å². The highest BCUT2D eigenvalue weighted by Crippen LogP contribution is 2.28. The SMILES string of the molecule is O=C(NCCCOc1ccccc1F)c1ccc(Cl)c(S(=O)(=O)N2CCCC2)c1. The van der Waals surface area contributed by atoms with E-state index in [0.717, 1.165) is 12.8 Å². The van der Waals surface area contributed by atoms with E-state index >= 15 is 0 Å². The zero-order chi connectivity index (χ0) is 20.9. The van der Waals surface area contributed by atoms with Crippen LogP contribution in [0.5, 0.6) is 5.75 Å². The van der Waals surface area contributed by atoms with Crippen LogP contribution in [0.15, 0.2) is 47.4 Å². The predicted molar refractivity (Wildman–Crippen MR) is 108 cm³/mol. The number of carbonyl (C=O) groups excluding carboxylic acids is 1. The summed E-state index contributed by atoms with van der Waals surface area (Å²) in [6.07, 6.45) is 2.09. The number of hydrogen-bond acceptors (Lipinski definition) is 4. The summed E-state index contributed by atoms with van der Waals surface area (Å²) in [4.78, 5) is 12.3. The van der Waals surface area contributed by atoms with Crippen molar-refractivity contribution in [2.24, 2.45) is 0 Å². The van der Waals surface area contributed by atoms with Crippen LogP contribution in [0.25, 0.3) is 0 Å². The van der Waals surface area contributed by atoms with E-state index in [-0.39, 0.29) is 27.8 Å². The Balaban J connectivity index is 1.56. The maximum atomic E-state index is 13.5. The third-order valence-electron chi connectivity index (χ3n) is 4.58. The Morgan fingerprint density at radius 2 is 1.90 bits per heavy atom. The number of rotatable bonds is 8. The number of sulfonamides is 1. The van der Waals surface area contributed by atoms with Gasteiger partial charge in [-0.3, -0.25) is 4.79 Å². The minimum absolute atomic E-state index is 0.0587. The minimum Gasteiger partial charge on any atom is -0.490 e. The number of nitrogens with one attached hydrogen (secondary N) is 1. The van der Waals surface area contributed by atoms with Gasteiger partial charge >= 0.3 is 0 Å². The molecule has 2 aromatic rings. The predicted octanol–water partition coefficient (Wildman–Crippen LogP) is 3.46. The van der Waals surface area contributed by atoms with Crippen molar-refractivity contribution in [1.29, 1.82) is 0 Å². The third kappa shape index (κ3) is 5.26. The average Bonchev–Trinajstić information content (AvgIpc) is 3.25. The van der Waals surface area contributed by atoms with E-state index in [0.29, 0.717) is 26.1 Å². The van der Waals surface area contributed by atoms with Gasteiger partial charge in [0.15, 0.2) is 11.6 Å². The number of hydrogen-bond donors (Lipinski definition) is 1. The Morgan fingerprint density at radius 1 is 1.17 bits per heavy atom. The van der Waals surface area contributed by atoms with E-state index in [1.54, 1.807) is 12.1 Å². The molecule has 0 aliphatic carbocycles. The molecule has 1 amide bonds. The van der Waals surface area contributed by atoms with Crippen molar-refractivity contribution in [1.82, 2.24) is 9.62 Å². The van der Waals surface area contributed by atoms with Gasteiger partial charge in [-0.15, -0.1) is 0 Å². The molecule has 0 unspecified atom stereocenters. The van der Waals surface area contributed by atoms with Crippen LogP contribution in [0.4, 0.5) is 4.39 Å². The molecule has 156 valence electrons. The summed E-state index contributed by atoms with van der Waals surface area (Å²) in [5.74, 6) is -0.692. The smallest absolute Gasteiger partial charge is 0.251 e. The fourth-order valence-electron chi connectivity index (χ4n) is 3.03. The van der Waals surface area contributed by atoms with Crippen molar-refractivity contribution in [2.45, 2.75) is 24.2 Å². The lowest BCUT2D eigenvalue weighted by Crippen LogP contribution is -2.29. The van der Waals surface area contributed by atoms with Crippen LogP contribution >= 0.6 is 11.6 Å². The molecule has 1 heterocycles. The van der Waals surface area contributed by atoms with E-state index in [9.17, 15) is 17.6 Å². The molecule has 0 radical (unpaired) electrons. The second-order valence-electron chi connectivity index (χ2n) is 6.64. The lowest BCUT2D eigenvalue weighted by Gasteiger charge is -2.17. The number of para-hydroxylation sites is 1. The van der Waals surface area contributed by atoms with Crippen LogP contribution in [0.3, 0.4) is 0 Å². The molecule has 1 aliphatic rings. The molecule has 3 rings (SSSR count). The Labute approximate surface area is 174 Å². The number of ether oxygens (including phenoxy) is 1. The molecular weight excluding hydrogens is 419 g/mol. The van der Waals surface area contributed by atoms with Gasteiger partial charge in [0, 0.05) is 25.2 Å². The highest BCUT2D eigenvalue weighted by molar-refractivity contribution is 7.89. The summed E-state index contributed by atoms with van der Waals surface area (Å²) in [5, 5.41) is 2.79. The van der Waals surface area contributed by atoms with Gasteiger partial charge in [-0.05, 0) is 49.6 Å². The molecule has 1 N–H and O–H groups in total. The Hall–Kier alpha value is -2.16. The first-order valence-corrected chi connectivity index (χ1v) is 11.2. The van der Waals surface area contributed by atoms with Crippen LogP contribution in [0, 0.1) is 5.82 Å². The maximum Gasteiger partial charge on any atom is 0.251 e. The largest absolute Gasteiger partial charge is 0.490 e. The molecule has 29 heavy (non-hydrogen) atoms. The number of halogens is 2. The fourth-order valence-corrected chi connectivity index (χ4v) is 5.05. The summed E-state index contributed by atoms with van der Waals surface area (Å²) >= 11 is 6.10. The Morgan fingerprint density at radius 3 is 2.62 bits per heavy atom. The first-order chi connectivity index (χ1) is 13.9. The van der Waals surface area contributed by atoms with Gasteiger partial charge in [0.05, 0.1) is 11.6 Å². The van der Waals surface area contributed by atoms with Crippen molar-refractivity contribution < 1.29 is 22.3 Å². The topological polar surface area (TPSA) is 75.7 Å². The van der Waals surface area contributed by atoms with Crippen molar-refractivity contribution in [3.8, 4) is 5.75 Å². The van der Waals surface area contributed by atoms with Gasteiger partial charge in [0.25, 0.3) is 5.91 Å². The van der Waals surface area contributed by atoms with E-state index in [2.05, 4.69) is 5.32 Å². The molecule has 0 atom stereocenters. The molecule has 0 bridgehead atoms. The normalized spacial score (nSPS) is 14.7. The van der Waals surface area contributed by atoms with Crippen molar-refractivity contribution >= 4 is 27.5 Å². The molecular formula is C20H22ClFN2O4S. The maximum absolute atomic E-state index is 13.5. The van der Waals surface area contributed by atoms with Crippen LogP contribution in [0.2, 0.25) is 5.02 Å². The van der Waals surface area contributed by atoms with E-state index in [4.69, 9.17) is 16.3 Å². The van der Waals surface area contributed by atoms with Crippen molar-refractivity contribution in [3.63, 3.8) is 0 Å². The molecule has 9 heteroatoms. The van der Waals surface area contributed by atoms with Crippen LogP contribution in [0.1, 0.15) is 29.6 Å². The molecule has 1 saturated heterocycles. The summed E-state index contributed by atoms with van der Waals surface area (Å²) in [6, 6.07) is 10.3. The van der Waals surface area contributed by atoms with E-state index in [1.165, 1.54) is 34.6 Å². The molecule has 2 aromatic carbocycles. The third-order valence-corrected chi connectivity index (χ3v) is 6.96.